The standard InChI is InChI=1S/C13H17N3O5/c1-7(17)14-15-11-9-6-8(16(19)20)4-5-10(9)21-13(2,3)12(11)18/h4-6,11-12,15,18H,1-3H3,(H,14,17)/t11-,12+/m1/s1. The van der Waals surface area contributed by atoms with Crippen LogP contribution in [0.1, 0.15) is 32.4 Å². The number of aliphatic hydroxyl groups excluding tert-OH is 1. The first-order valence-corrected chi connectivity index (χ1v) is 6.40. The largest absolute Gasteiger partial charge is 0.485 e. The maximum absolute atomic E-state index is 11.0. The van der Waals surface area contributed by atoms with E-state index in [2.05, 4.69) is 10.9 Å². The number of carbonyl (C=O) groups is 1. The topological polar surface area (TPSA) is 114 Å². The Labute approximate surface area is 121 Å². The molecule has 3 N–H and O–H groups in total. The summed E-state index contributed by atoms with van der Waals surface area (Å²) in [5.74, 6) is 0.0947. The summed E-state index contributed by atoms with van der Waals surface area (Å²) >= 11 is 0. The fourth-order valence-corrected chi connectivity index (χ4v) is 2.24. The van der Waals surface area contributed by atoms with Gasteiger partial charge >= 0.3 is 0 Å². The molecule has 1 amide bonds. The molecule has 1 aromatic rings. The molecule has 1 aromatic carbocycles. The fraction of sp³-hybridized carbons (Fsp3) is 0.462. The van der Waals surface area contributed by atoms with Crippen LogP contribution < -0.4 is 15.6 Å². The van der Waals surface area contributed by atoms with E-state index in [0.717, 1.165) is 0 Å². The summed E-state index contributed by atoms with van der Waals surface area (Å²) in [4.78, 5) is 21.4. The van der Waals surface area contributed by atoms with Crippen LogP contribution in [-0.2, 0) is 4.79 Å². The van der Waals surface area contributed by atoms with E-state index in [9.17, 15) is 20.0 Å². The van der Waals surface area contributed by atoms with Crippen LogP contribution in [0.2, 0.25) is 0 Å². The molecule has 0 bridgehead atoms. The second-order valence-electron chi connectivity index (χ2n) is 5.43. The molecular weight excluding hydrogens is 278 g/mol. The van der Waals surface area contributed by atoms with Crippen molar-refractivity contribution in [2.75, 3.05) is 0 Å². The van der Waals surface area contributed by atoms with Gasteiger partial charge in [0.1, 0.15) is 17.5 Å². The van der Waals surface area contributed by atoms with Crippen molar-refractivity contribution in [2.45, 2.75) is 38.5 Å². The molecule has 0 unspecified atom stereocenters. The minimum Gasteiger partial charge on any atom is -0.485 e. The molecule has 1 aliphatic rings. The highest BCUT2D eigenvalue weighted by Gasteiger charge is 2.43. The first-order valence-electron chi connectivity index (χ1n) is 6.40. The highest BCUT2D eigenvalue weighted by molar-refractivity contribution is 5.72. The van der Waals surface area contributed by atoms with Gasteiger partial charge in [-0.15, -0.1) is 0 Å². The minimum atomic E-state index is -1.00. The quantitative estimate of drug-likeness (QED) is 0.561. The number of aliphatic hydroxyl groups is 1. The molecule has 8 heteroatoms. The van der Waals surface area contributed by atoms with Gasteiger partial charge in [0, 0.05) is 24.6 Å². The van der Waals surface area contributed by atoms with E-state index in [-0.39, 0.29) is 11.6 Å². The van der Waals surface area contributed by atoms with Crippen molar-refractivity contribution in [1.82, 2.24) is 10.9 Å². The lowest BCUT2D eigenvalue weighted by Crippen LogP contribution is -2.55. The van der Waals surface area contributed by atoms with Crippen molar-refractivity contribution in [2.24, 2.45) is 0 Å². The number of fused-ring (bicyclic) bond motifs is 1. The van der Waals surface area contributed by atoms with E-state index in [4.69, 9.17) is 4.74 Å². The Kier molecular flexibility index (Phi) is 3.84. The molecule has 0 spiro atoms. The van der Waals surface area contributed by atoms with Gasteiger partial charge in [0.05, 0.1) is 11.0 Å². The predicted molar refractivity (Wildman–Crippen MR) is 73.5 cm³/mol. The third-order valence-electron chi connectivity index (χ3n) is 3.34. The number of nitro benzene ring substituents is 1. The first kappa shape index (κ1) is 15.2. The third-order valence-corrected chi connectivity index (χ3v) is 3.34. The number of hydrogen-bond acceptors (Lipinski definition) is 6. The van der Waals surface area contributed by atoms with Crippen molar-refractivity contribution >= 4 is 11.6 Å². The lowest BCUT2D eigenvalue weighted by molar-refractivity contribution is -0.385. The Morgan fingerprint density at radius 3 is 2.71 bits per heavy atom. The fourth-order valence-electron chi connectivity index (χ4n) is 2.24. The molecule has 0 aromatic heterocycles. The minimum absolute atomic E-state index is 0.112. The van der Waals surface area contributed by atoms with Crippen LogP contribution in [0.4, 0.5) is 5.69 Å². The number of nitrogens with zero attached hydrogens (tertiary/aromatic N) is 1. The number of amides is 1. The SMILES string of the molecule is CC(=O)NN[C@@H]1c2cc([N+](=O)[O-])ccc2OC(C)(C)[C@H]1O. The van der Waals surface area contributed by atoms with Gasteiger partial charge < -0.3 is 9.84 Å². The molecule has 0 radical (unpaired) electrons. The van der Waals surface area contributed by atoms with Crippen molar-refractivity contribution in [3.63, 3.8) is 0 Å². The van der Waals surface area contributed by atoms with Gasteiger partial charge in [-0.3, -0.25) is 20.3 Å². The van der Waals surface area contributed by atoms with Gasteiger partial charge in [-0.05, 0) is 19.9 Å². The number of benzene rings is 1. The van der Waals surface area contributed by atoms with Gasteiger partial charge in [-0.2, -0.15) is 0 Å². The molecule has 0 saturated carbocycles. The third kappa shape index (κ3) is 2.96. The van der Waals surface area contributed by atoms with E-state index in [1.165, 1.54) is 25.1 Å². The van der Waals surface area contributed by atoms with E-state index >= 15 is 0 Å². The summed E-state index contributed by atoms with van der Waals surface area (Å²) in [5, 5.41) is 21.3. The number of carbonyl (C=O) groups excluding carboxylic acids is 1. The Morgan fingerprint density at radius 1 is 1.48 bits per heavy atom. The lowest BCUT2D eigenvalue weighted by atomic mass is 9.87. The molecule has 114 valence electrons. The molecule has 1 heterocycles. The monoisotopic (exact) mass is 295 g/mol. The van der Waals surface area contributed by atoms with Crippen LogP contribution in [0.3, 0.4) is 0 Å². The maximum atomic E-state index is 11.0. The van der Waals surface area contributed by atoms with Crippen molar-refractivity contribution < 1.29 is 19.6 Å². The van der Waals surface area contributed by atoms with Crippen LogP contribution in [0.15, 0.2) is 18.2 Å². The van der Waals surface area contributed by atoms with Gasteiger partial charge in [0.2, 0.25) is 5.91 Å². The summed E-state index contributed by atoms with van der Waals surface area (Å²) in [6.07, 6.45) is -1.00. The second-order valence-corrected chi connectivity index (χ2v) is 5.43. The zero-order valence-corrected chi connectivity index (χ0v) is 11.9. The van der Waals surface area contributed by atoms with Crippen molar-refractivity contribution in [1.29, 1.82) is 0 Å². The number of hydrogen-bond donors (Lipinski definition) is 3. The highest BCUT2D eigenvalue weighted by atomic mass is 16.6. The predicted octanol–water partition coefficient (Wildman–Crippen LogP) is 0.808. The number of rotatable bonds is 3. The van der Waals surface area contributed by atoms with Crippen molar-refractivity contribution in [3.05, 3.63) is 33.9 Å². The van der Waals surface area contributed by atoms with E-state index in [0.29, 0.717) is 11.3 Å². The van der Waals surface area contributed by atoms with Crippen LogP contribution in [0.5, 0.6) is 5.75 Å². The normalized spacial score (nSPS) is 22.9. The summed E-state index contributed by atoms with van der Waals surface area (Å²) in [7, 11) is 0. The molecule has 1 aliphatic heterocycles. The highest BCUT2D eigenvalue weighted by Crippen LogP contribution is 2.41. The summed E-state index contributed by atoms with van der Waals surface area (Å²) in [6.45, 7) is 4.72. The average Bonchev–Trinajstić information content (AvgIpc) is 2.38. The second kappa shape index (κ2) is 5.30. The average molecular weight is 295 g/mol. The number of hydrazine groups is 1. The summed E-state index contributed by atoms with van der Waals surface area (Å²) < 4.78 is 5.68. The van der Waals surface area contributed by atoms with Crippen LogP contribution in [0.25, 0.3) is 0 Å². The Hall–Kier alpha value is -2.19. The molecule has 0 fully saturated rings. The molecule has 2 atom stereocenters. The van der Waals surface area contributed by atoms with Gasteiger partial charge in [-0.1, -0.05) is 0 Å². The zero-order chi connectivity index (χ0) is 15.8. The lowest BCUT2D eigenvalue weighted by Gasteiger charge is -2.42. The van der Waals surface area contributed by atoms with Gasteiger partial charge in [-0.25, -0.2) is 5.43 Å². The Bertz CT molecular complexity index is 587. The van der Waals surface area contributed by atoms with Crippen LogP contribution >= 0.6 is 0 Å². The summed E-state index contributed by atoms with van der Waals surface area (Å²) in [5.41, 5.74) is 4.50. The Balaban J connectivity index is 2.44. The summed E-state index contributed by atoms with van der Waals surface area (Å²) in [6, 6.07) is 3.44. The van der Waals surface area contributed by atoms with Crippen molar-refractivity contribution in [3.8, 4) is 5.75 Å². The zero-order valence-electron chi connectivity index (χ0n) is 11.9. The van der Waals surface area contributed by atoms with E-state index < -0.39 is 22.7 Å². The van der Waals surface area contributed by atoms with Crippen LogP contribution in [0, 0.1) is 10.1 Å². The number of non-ortho nitro benzene ring substituents is 1. The van der Waals surface area contributed by atoms with Gasteiger partial charge in [0.25, 0.3) is 5.69 Å². The smallest absolute Gasteiger partial charge is 0.270 e. The first-order chi connectivity index (χ1) is 9.72. The van der Waals surface area contributed by atoms with Crippen LogP contribution in [-0.4, -0.2) is 27.6 Å². The molecule has 0 aliphatic carbocycles. The van der Waals surface area contributed by atoms with E-state index in [1.807, 2.05) is 0 Å². The van der Waals surface area contributed by atoms with E-state index in [1.54, 1.807) is 13.8 Å². The number of nitro groups is 1. The molecule has 0 saturated heterocycles. The number of ether oxygens (including phenoxy) is 1. The molecule has 2 rings (SSSR count). The number of nitrogens with one attached hydrogen (secondary N) is 2. The molecular formula is C13H17N3O5. The Morgan fingerprint density at radius 2 is 2.14 bits per heavy atom. The molecule has 8 nitrogen and oxygen atoms in total. The maximum Gasteiger partial charge on any atom is 0.270 e. The van der Waals surface area contributed by atoms with Gasteiger partial charge in [0.15, 0.2) is 0 Å². The molecule has 21 heavy (non-hydrogen) atoms.